The number of carbonyl (C=O) groups is 1. The fourth-order valence-corrected chi connectivity index (χ4v) is 2.64. The number of nitrogens with zero attached hydrogens (tertiary/aromatic N) is 3. The van der Waals surface area contributed by atoms with Gasteiger partial charge in [0.25, 0.3) is 0 Å². The Morgan fingerprint density at radius 1 is 1.48 bits per heavy atom. The lowest BCUT2D eigenvalue weighted by Crippen LogP contribution is -2.24. The lowest BCUT2D eigenvalue weighted by Gasteiger charge is -2.08. The van der Waals surface area contributed by atoms with Gasteiger partial charge in [-0.25, -0.2) is 22.3 Å². The quantitative estimate of drug-likeness (QED) is 0.696. The van der Waals surface area contributed by atoms with E-state index in [1.54, 1.807) is 0 Å². The zero-order valence-corrected chi connectivity index (χ0v) is 11.5. The largest absolute Gasteiger partial charge is 0.478 e. The molecule has 11 heteroatoms. The summed E-state index contributed by atoms with van der Waals surface area (Å²) in [5.74, 6) is -2.42. The fourth-order valence-electron chi connectivity index (χ4n) is 1.55. The first-order valence-corrected chi connectivity index (χ1v) is 7.05. The van der Waals surface area contributed by atoms with Gasteiger partial charge in [0.05, 0.1) is 17.0 Å². The molecule has 9 nitrogen and oxygen atoms in total. The van der Waals surface area contributed by atoms with E-state index >= 15 is 0 Å². The van der Waals surface area contributed by atoms with Crippen LogP contribution in [0.25, 0.3) is 0 Å². The number of rotatable bonds is 5. The molecule has 1 aromatic carbocycles. The van der Waals surface area contributed by atoms with Crippen LogP contribution in [0.4, 0.5) is 4.39 Å². The van der Waals surface area contributed by atoms with Crippen molar-refractivity contribution in [2.45, 2.75) is 18.4 Å². The van der Waals surface area contributed by atoms with Crippen LogP contribution in [0.3, 0.4) is 0 Å². The highest BCUT2D eigenvalue weighted by molar-refractivity contribution is 7.89. The van der Waals surface area contributed by atoms with E-state index in [9.17, 15) is 17.6 Å². The first-order chi connectivity index (χ1) is 9.81. The zero-order valence-electron chi connectivity index (χ0n) is 10.7. The van der Waals surface area contributed by atoms with Crippen LogP contribution in [0.15, 0.2) is 17.0 Å². The van der Waals surface area contributed by atoms with E-state index in [1.807, 2.05) is 0 Å². The minimum absolute atomic E-state index is 0.0881. The highest BCUT2D eigenvalue weighted by Crippen LogP contribution is 2.19. The zero-order chi connectivity index (χ0) is 15.6. The number of benzene rings is 1. The van der Waals surface area contributed by atoms with Crippen LogP contribution < -0.4 is 4.72 Å². The SMILES string of the molecule is Cc1cc(S(=O)(=O)NCc2nn[nH]n2)cc(C(=O)O)c1F. The summed E-state index contributed by atoms with van der Waals surface area (Å²) in [5, 5.41) is 21.4. The number of aromatic nitrogens is 4. The smallest absolute Gasteiger partial charge is 0.338 e. The van der Waals surface area contributed by atoms with Crippen LogP contribution in [-0.2, 0) is 16.6 Å². The summed E-state index contributed by atoms with van der Waals surface area (Å²) in [6.45, 7) is 1.04. The normalized spacial score (nSPS) is 11.5. The summed E-state index contributed by atoms with van der Waals surface area (Å²) in [5.41, 5.74) is -0.801. The summed E-state index contributed by atoms with van der Waals surface area (Å²) in [7, 11) is -4.03. The number of carboxylic acids is 1. The van der Waals surface area contributed by atoms with Crippen LogP contribution in [0, 0.1) is 12.7 Å². The van der Waals surface area contributed by atoms with Crippen molar-refractivity contribution in [3.05, 3.63) is 34.9 Å². The second kappa shape index (κ2) is 5.54. The average molecular weight is 315 g/mol. The van der Waals surface area contributed by atoms with Gasteiger partial charge < -0.3 is 5.11 Å². The summed E-state index contributed by atoms with van der Waals surface area (Å²) in [6.07, 6.45) is 0. The van der Waals surface area contributed by atoms with Gasteiger partial charge >= 0.3 is 5.97 Å². The Bertz CT molecular complexity index is 775. The number of halogens is 1. The summed E-state index contributed by atoms with van der Waals surface area (Å²) in [4.78, 5) is 10.6. The Hall–Kier alpha value is -2.40. The molecule has 0 aliphatic rings. The molecule has 0 atom stereocenters. The van der Waals surface area contributed by atoms with Gasteiger partial charge in [0, 0.05) is 0 Å². The fraction of sp³-hybridized carbons (Fsp3) is 0.200. The molecule has 3 N–H and O–H groups in total. The van der Waals surface area contributed by atoms with Gasteiger partial charge in [0.1, 0.15) is 5.82 Å². The van der Waals surface area contributed by atoms with Gasteiger partial charge in [-0.1, -0.05) is 5.21 Å². The molecule has 0 fully saturated rings. The van der Waals surface area contributed by atoms with Gasteiger partial charge in [-0.3, -0.25) is 0 Å². The number of aryl methyl sites for hydroxylation is 1. The van der Waals surface area contributed by atoms with Crippen LogP contribution >= 0.6 is 0 Å². The second-order valence-corrected chi connectivity index (χ2v) is 5.83. The molecule has 0 unspecified atom stereocenters. The van der Waals surface area contributed by atoms with Crippen LogP contribution in [0.1, 0.15) is 21.7 Å². The Morgan fingerprint density at radius 3 is 2.76 bits per heavy atom. The highest BCUT2D eigenvalue weighted by atomic mass is 32.2. The molecule has 2 aromatic rings. The minimum atomic E-state index is -4.03. The molecule has 0 saturated carbocycles. The molecule has 0 amide bonds. The topological polar surface area (TPSA) is 138 Å². The van der Waals surface area contributed by atoms with Crippen molar-refractivity contribution in [3.8, 4) is 0 Å². The van der Waals surface area contributed by atoms with E-state index < -0.39 is 27.4 Å². The number of H-pyrrole nitrogens is 1. The number of aromatic amines is 1. The molecule has 112 valence electrons. The molecule has 0 spiro atoms. The number of nitrogens with one attached hydrogen (secondary N) is 2. The van der Waals surface area contributed by atoms with E-state index in [2.05, 4.69) is 25.3 Å². The van der Waals surface area contributed by atoms with Crippen LogP contribution in [0.2, 0.25) is 0 Å². The lowest BCUT2D eigenvalue weighted by molar-refractivity contribution is 0.0691. The standard InChI is InChI=1S/C10H10FN5O4S/c1-5-2-6(3-7(9(5)11)10(17)18)21(19,20)12-4-8-13-15-16-14-8/h2-3,12H,4H2,1H3,(H,17,18)(H,13,14,15,16). The van der Waals surface area contributed by atoms with E-state index in [0.717, 1.165) is 12.1 Å². The molecular weight excluding hydrogens is 305 g/mol. The lowest BCUT2D eigenvalue weighted by atomic mass is 10.1. The van der Waals surface area contributed by atoms with Crippen LogP contribution in [-0.4, -0.2) is 40.1 Å². The molecule has 1 heterocycles. The van der Waals surface area contributed by atoms with Crippen LogP contribution in [0.5, 0.6) is 0 Å². The molecular formula is C10H10FN5O4S. The Labute approximate surface area is 118 Å². The average Bonchev–Trinajstić information content (AvgIpc) is 2.92. The predicted octanol–water partition coefficient (Wildman–Crippen LogP) is -0.176. The third kappa shape index (κ3) is 3.20. The Kier molecular flexibility index (Phi) is 3.95. The van der Waals surface area contributed by atoms with Crippen molar-refractivity contribution in [2.75, 3.05) is 0 Å². The molecule has 21 heavy (non-hydrogen) atoms. The second-order valence-electron chi connectivity index (χ2n) is 4.06. The molecule has 0 radical (unpaired) electrons. The number of hydrogen-bond donors (Lipinski definition) is 3. The van der Waals surface area contributed by atoms with Gasteiger partial charge in [-0.05, 0) is 24.6 Å². The number of tetrazole rings is 1. The molecule has 2 rings (SSSR count). The monoisotopic (exact) mass is 315 g/mol. The highest BCUT2D eigenvalue weighted by Gasteiger charge is 2.21. The van der Waals surface area contributed by atoms with Crippen molar-refractivity contribution < 1.29 is 22.7 Å². The van der Waals surface area contributed by atoms with Crippen molar-refractivity contribution in [3.63, 3.8) is 0 Å². The van der Waals surface area contributed by atoms with Crippen molar-refractivity contribution >= 4 is 16.0 Å². The molecule has 0 bridgehead atoms. The third-order valence-corrected chi connectivity index (χ3v) is 3.96. The predicted molar refractivity (Wildman–Crippen MR) is 66.3 cm³/mol. The first-order valence-electron chi connectivity index (χ1n) is 5.56. The molecule has 1 aromatic heterocycles. The van der Waals surface area contributed by atoms with E-state index in [0.29, 0.717) is 0 Å². The summed E-state index contributed by atoms with van der Waals surface area (Å²) >= 11 is 0. The van der Waals surface area contributed by atoms with Gasteiger partial charge in [0.15, 0.2) is 5.82 Å². The van der Waals surface area contributed by atoms with E-state index in [4.69, 9.17) is 5.11 Å². The third-order valence-electron chi connectivity index (χ3n) is 2.58. The van der Waals surface area contributed by atoms with Crippen molar-refractivity contribution in [1.82, 2.24) is 25.3 Å². The van der Waals surface area contributed by atoms with Crippen molar-refractivity contribution in [1.29, 1.82) is 0 Å². The maximum absolute atomic E-state index is 13.6. The summed E-state index contributed by atoms with van der Waals surface area (Å²) in [6, 6.07) is 1.80. The van der Waals surface area contributed by atoms with Gasteiger partial charge in [0.2, 0.25) is 10.0 Å². The maximum atomic E-state index is 13.6. The van der Waals surface area contributed by atoms with Gasteiger partial charge in [-0.15, -0.1) is 10.2 Å². The van der Waals surface area contributed by atoms with E-state index in [-0.39, 0.29) is 22.8 Å². The van der Waals surface area contributed by atoms with E-state index in [1.165, 1.54) is 6.92 Å². The van der Waals surface area contributed by atoms with Gasteiger partial charge in [-0.2, -0.15) is 5.21 Å². The molecule has 0 aliphatic carbocycles. The number of sulfonamides is 1. The first kappa shape index (κ1) is 15.0. The number of carboxylic acid groups (broad SMARTS) is 1. The Balaban J connectivity index is 2.33. The number of hydrogen-bond acceptors (Lipinski definition) is 6. The molecule has 0 aliphatic heterocycles. The maximum Gasteiger partial charge on any atom is 0.338 e. The minimum Gasteiger partial charge on any atom is -0.478 e. The summed E-state index contributed by atoms with van der Waals surface area (Å²) < 4.78 is 39.9. The Morgan fingerprint density at radius 2 is 2.19 bits per heavy atom. The number of aromatic carboxylic acids is 1. The van der Waals surface area contributed by atoms with Crippen molar-refractivity contribution in [2.24, 2.45) is 0 Å². The molecule has 0 saturated heterocycles.